The van der Waals surface area contributed by atoms with Crippen molar-refractivity contribution in [1.82, 2.24) is 4.98 Å². The van der Waals surface area contributed by atoms with Crippen LogP contribution in [0.2, 0.25) is 5.15 Å². The minimum atomic E-state index is -0.439. The molecule has 1 rings (SSSR count). The molecule has 1 aromatic rings. The van der Waals surface area contributed by atoms with E-state index in [-0.39, 0.29) is 5.15 Å². The summed E-state index contributed by atoms with van der Waals surface area (Å²) in [6.45, 7) is 0. The van der Waals surface area contributed by atoms with Crippen LogP contribution in [0, 0.1) is 0 Å². The Morgan fingerprint density at radius 3 is 3.00 bits per heavy atom. The van der Waals surface area contributed by atoms with Gasteiger partial charge in [0.05, 0.1) is 17.1 Å². The van der Waals surface area contributed by atoms with Crippen LogP contribution in [0.5, 0.6) is 0 Å². The molecule has 0 spiro atoms. The lowest BCUT2D eigenvalue weighted by Gasteiger charge is -2.00. The second-order valence-electron chi connectivity index (χ2n) is 1.98. The number of rotatable bonds is 1. The number of nitrogens with zero attached hydrogens (tertiary/aromatic N) is 1. The lowest BCUT2D eigenvalue weighted by Crippen LogP contribution is -2.02. The first-order valence-corrected chi connectivity index (χ1v) is 4.21. The summed E-state index contributed by atoms with van der Waals surface area (Å²) in [7, 11) is 1.31. The van der Waals surface area contributed by atoms with Crippen LogP contribution in [-0.4, -0.2) is 18.1 Å². The van der Waals surface area contributed by atoms with E-state index in [0.29, 0.717) is 10.0 Å². The average molecular weight is 250 g/mol. The summed E-state index contributed by atoms with van der Waals surface area (Å²) < 4.78 is 5.09. The van der Waals surface area contributed by atoms with Gasteiger partial charge in [0.2, 0.25) is 0 Å². The summed E-state index contributed by atoms with van der Waals surface area (Å²) in [6, 6.07) is 1.44. The third-order valence-electron chi connectivity index (χ3n) is 1.23. The van der Waals surface area contributed by atoms with Crippen molar-refractivity contribution in [3.05, 3.63) is 27.5 Å². The molecule has 1 aromatic heterocycles. The summed E-state index contributed by atoms with van der Waals surface area (Å²) in [5.74, 6) is -0.439. The quantitative estimate of drug-likeness (QED) is 0.567. The fourth-order valence-electron chi connectivity index (χ4n) is 0.680. The number of esters is 1. The van der Waals surface area contributed by atoms with Gasteiger partial charge in [-0.15, -0.1) is 0 Å². The minimum Gasteiger partial charge on any atom is -0.465 e. The maximum Gasteiger partial charge on any atom is 0.339 e. The van der Waals surface area contributed by atoms with Crippen molar-refractivity contribution in [1.29, 1.82) is 0 Å². The van der Waals surface area contributed by atoms with Crippen LogP contribution in [-0.2, 0) is 4.74 Å². The van der Waals surface area contributed by atoms with E-state index in [9.17, 15) is 4.79 Å². The normalized spacial score (nSPS) is 9.58. The van der Waals surface area contributed by atoms with Crippen molar-refractivity contribution in [2.45, 2.75) is 0 Å². The third-order valence-corrected chi connectivity index (χ3v) is 2.07. The first-order chi connectivity index (χ1) is 5.65. The summed E-state index contributed by atoms with van der Waals surface area (Å²) in [6.07, 6.45) is 1.45. The largest absolute Gasteiger partial charge is 0.465 e. The maximum atomic E-state index is 11.0. The van der Waals surface area contributed by atoms with E-state index in [1.165, 1.54) is 19.4 Å². The summed E-state index contributed by atoms with van der Waals surface area (Å²) in [5.41, 5.74) is 0.373. The summed E-state index contributed by atoms with van der Waals surface area (Å²) >= 11 is 8.73. The highest BCUT2D eigenvalue weighted by Gasteiger charge is 2.10. The minimum absolute atomic E-state index is 0.263. The first-order valence-electron chi connectivity index (χ1n) is 3.04. The molecule has 12 heavy (non-hydrogen) atoms. The highest BCUT2D eigenvalue weighted by Crippen LogP contribution is 2.19. The zero-order chi connectivity index (χ0) is 9.14. The number of carbonyl (C=O) groups excluding carboxylic acids is 1. The Morgan fingerprint density at radius 2 is 2.42 bits per heavy atom. The maximum absolute atomic E-state index is 11.0. The van der Waals surface area contributed by atoms with Crippen LogP contribution < -0.4 is 0 Å². The average Bonchev–Trinajstić information content (AvgIpc) is 2.08. The van der Waals surface area contributed by atoms with Gasteiger partial charge in [-0.2, -0.15) is 0 Å². The summed E-state index contributed by atoms with van der Waals surface area (Å²) in [5, 5.41) is 0.263. The Bertz CT molecular complexity index is 316. The molecule has 0 N–H and O–H groups in total. The molecule has 0 bridgehead atoms. The second-order valence-corrected chi connectivity index (χ2v) is 3.22. The van der Waals surface area contributed by atoms with Gasteiger partial charge in [-0.05, 0) is 22.0 Å². The van der Waals surface area contributed by atoms with Crippen molar-refractivity contribution < 1.29 is 9.53 Å². The number of ether oxygens (including phenoxy) is 1. The van der Waals surface area contributed by atoms with Gasteiger partial charge in [-0.25, -0.2) is 9.78 Å². The molecule has 0 aromatic carbocycles. The molecule has 0 aliphatic heterocycles. The van der Waals surface area contributed by atoms with Gasteiger partial charge < -0.3 is 4.74 Å². The van der Waals surface area contributed by atoms with Gasteiger partial charge >= 0.3 is 5.97 Å². The van der Waals surface area contributed by atoms with E-state index in [2.05, 4.69) is 25.7 Å². The van der Waals surface area contributed by atoms with Crippen LogP contribution >= 0.6 is 27.5 Å². The van der Waals surface area contributed by atoms with Crippen molar-refractivity contribution in [3.63, 3.8) is 0 Å². The molecule has 5 heteroatoms. The number of pyridine rings is 1. The van der Waals surface area contributed by atoms with Crippen LogP contribution in [0.25, 0.3) is 0 Å². The predicted molar refractivity (Wildman–Crippen MR) is 48.3 cm³/mol. The molecule has 0 aliphatic rings. The van der Waals surface area contributed by atoms with Gasteiger partial charge in [-0.3, -0.25) is 0 Å². The van der Waals surface area contributed by atoms with Crippen LogP contribution in [0.3, 0.4) is 0 Å². The summed E-state index contributed by atoms with van der Waals surface area (Å²) in [4.78, 5) is 14.8. The Balaban J connectivity index is 3.13. The predicted octanol–water partition coefficient (Wildman–Crippen LogP) is 2.28. The molecule has 0 atom stereocenters. The fourth-order valence-corrected chi connectivity index (χ4v) is 1.22. The van der Waals surface area contributed by atoms with Crippen LogP contribution in [0.15, 0.2) is 16.7 Å². The van der Waals surface area contributed by atoms with Gasteiger partial charge in [0.25, 0.3) is 0 Å². The zero-order valence-corrected chi connectivity index (χ0v) is 8.52. The molecule has 0 saturated carbocycles. The SMILES string of the molecule is COC(=O)c1cc(Cl)ncc1Br. The molecular formula is C7H5BrClNO2. The molecule has 0 saturated heterocycles. The first kappa shape index (κ1) is 9.48. The molecule has 64 valence electrons. The number of halogens is 2. The molecular weight excluding hydrogens is 245 g/mol. The zero-order valence-electron chi connectivity index (χ0n) is 6.17. The number of carbonyl (C=O) groups is 1. The molecule has 0 radical (unpaired) electrons. The number of hydrogen-bond donors (Lipinski definition) is 0. The van der Waals surface area contributed by atoms with E-state index >= 15 is 0 Å². The third kappa shape index (κ3) is 1.95. The molecule has 0 amide bonds. The van der Waals surface area contributed by atoms with E-state index < -0.39 is 5.97 Å². The highest BCUT2D eigenvalue weighted by molar-refractivity contribution is 9.10. The van der Waals surface area contributed by atoms with Crippen molar-refractivity contribution in [3.8, 4) is 0 Å². The Labute approximate surface area is 82.8 Å². The number of hydrogen-bond acceptors (Lipinski definition) is 3. The molecule has 1 heterocycles. The van der Waals surface area contributed by atoms with Crippen LogP contribution in [0.1, 0.15) is 10.4 Å². The van der Waals surface area contributed by atoms with Gasteiger partial charge in [0.1, 0.15) is 5.15 Å². The monoisotopic (exact) mass is 249 g/mol. The Kier molecular flexibility index (Phi) is 3.05. The van der Waals surface area contributed by atoms with Gasteiger partial charge in [0.15, 0.2) is 0 Å². The fraction of sp³-hybridized carbons (Fsp3) is 0.143. The lowest BCUT2D eigenvalue weighted by atomic mass is 10.3. The topological polar surface area (TPSA) is 39.2 Å². The van der Waals surface area contributed by atoms with E-state index in [1.807, 2.05) is 0 Å². The number of aromatic nitrogens is 1. The highest BCUT2D eigenvalue weighted by atomic mass is 79.9. The lowest BCUT2D eigenvalue weighted by molar-refractivity contribution is 0.0599. The van der Waals surface area contributed by atoms with Crippen LogP contribution in [0.4, 0.5) is 0 Å². The second kappa shape index (κ2) is 3.87. The standard InChI is InChI=1S/C7H5BrClNO2/c1-12-7(11)4-2-6(9)10-3-5(4)8/h2-3H,1H3. The van der Waals surface area contributed by atoms with E-state index in [4.69, 9.17) is 11.6 Å². The Morgan fingerprint density at radius 1 is 1.75 bits per heavy atom. The molecule has 0 unspecified atom stereocenters. The van der Waals surface area contributed by atoms with Crippen molar-refractivity contribution in [2.24, 2.45) is 0 Å². The molecule has 0 aliphatic carbocycles. The van der Waals surface area contributed by atoms with Gasteiger partial charge in [-0.1, -0.05) is 11.6 Å². The Hall–Kier alpha value is -0.610. The van der Waals surface area contributed by atoms with Crippen molar-refractivity contribution in [2.75, 3.05) is 7.11 Å². The van der Waals surface area contributed by atoms with Crippen molar-refractivity contribution >= 4 is 33.5 Å². The van der Waals surface area contributed by atoms with E-state index in [0.717, 1.165) is 0 Å². The number of methoxy groups -OCH3 is 1. The molecule has 0 fully saturated rings. The van der Waals surface area contributed by atoms with Gasteiger partial charge in [0, 0.05) is 6.20 Å². The smallest absolute Gasteiger partial charge is 0.339 e. The molecule has 3 nitrogen and oxygen atoms in total. The van der Waals surface area contributed by atoms with E-state index in [1.54, 1.807) is 0 Å².